The summed E-state index contributed by atoms with van der Waals surface area (Å²) in [7, 11) is 0. The van der Waals surface area contributed by atoms with Crippen LogP contribution in [0, 0.1) is 33.5 Å². The van der Waals surface area contributed by atoms with Crippen molar-refractivity contribution in [2.24, 2.45) is 0 Å². The molecule has 0 nitrogen and oxygen atoms in total. The smallest absolute Gasteiger partial charge is 0.126 e. The van der Waals surface area contributed by atoms with Crippen LogP contribution in [-0.4, -0.2) is 0 Å². The summed E-state index contributed by atoms with van der Waals surface area (Å²) in [5.41, 5.74) is 8.98. The van der Waals surface area contributed by atoms with Crippen molar-refractivity contribution in [3.63, 3.8) is 0 Å². The first-order valence-electron chi connectivity index (χ1n) is 12.8. The van der Waals surface area contributed by atoms with E-state index in [2.05, 4.69) is 85.7 Å². The van der Waals surface area contributed by atoms with Gasteiger partial charge in [-0.25, -0.2) is 4.39 Å². The van der Waals surface area contributed by atoms with Crippen molar-refractivity contribution in [3.05, 3.63) is 104 Å². The van der Waals surface area contributed by atoms with Gasteiger partial charge in [0.1, 0.15) is 5.82 Å². The Bertz CT molecular complexity index is 1070. The fraction of sp³-hybridized carbons (Fsp3) is 0.486. The highest BCUT2D eigenvalue weighted by molar-refractivity contribution is 6.31. The highest BCUT2D eigenvalue weighted by atomic mass is 35.5. The normalized spacial score (nSPS) is 11.4. The van der Waals surface area contributed by atoms with Gasteiger partial charge < -0.3 is 0 Å². The zero-order valence-electron chi connectivity index (χ0n) is 25.0. The van der Waals surface area contributed by atoms with Crippen LogP contribution < -0.4 is 0 Å². The molecule has 0 aliphatic carbocycles. The number of hydrogen-bond donors (Lipinski definition) is 0. The molecule has 0 atom stereocenters. The average Bonchev–Trinajstić information content (AvgIpc) is 2.72. The molecule has 0 spiro atoms. The highest BCUT2D eigenvalue weighted by Crippen LogP contribution is 2.27. The monoisotopic (exact) mass is 526 g/mol. The van der Waals surface area contributed by atoms with Crippen LogP contribution >= 0.6 is 11.6 Å². The molecule has 0 bridgehead atoms. The van der Waals surface area contributed by atoms with E-state index >= 15 is 0 Å². The van der Waals surface area contributed by atoms with E-state index in [1.165, 1.54) is 28.3 Å². The Morgan fingerprint density at radius 1 is 0.541 bits per heavy atom. The third-order valence-electron chi connectivity index (χ3n) is 6.33. The first-order valence-corrected chi connectivity index (χ1v) is 13.2. The first-order chi connectivity index (χ1) is 16.2. The van der Waals surface area contributed by atoms with Crippen molar-refractivity contribution in [1.29, 1.82) is 0 Å². The topological polar surface area (TPSA) is 0 Å². The van der Waals surface area contributed by atoms with Crippen LogP contribution in [0.15, 0.2) is 54.6 Å². The quantitative estimate of drug-likeness (QED) is 0.273. The molecule has 0 amide bonds. The van der Waals surface area contributed by atoms with Gasteiger partial charge in [0.05, 0.1) is 0 Å². The van der Waals surface area contributed by atoms with E-state index in [0.717, 1.165) is 21.7 Å². The van der Waals surface area contributed by atoms with Gasteiger partial charge in [0, 0.05) is 5.02 Å². The van der Waals surface area contributed by atoms with E-state index < -0.39 is 0 Å². The van der Waals surface area contributed by atoms with Crippen molar-refractivity contribution in [3.8, 4) is 0 Å². The summed E-state index contributed by atoms with van der Waals surface area (Å²) in [4.78, 5) is 0. The lowest BCUT2D eigenvalue weighted by molar-refractivity contribution is 0.522. The van der Waals surface area contributed by atoms with Crippen LogP contribution in [0.3, 0.4) is 0 Å². The van der Waals surface area contributed by atoms with Crippen molar-refractivity contribution in [1.82, 2.24) is 0 Å². The molecule has 0 aliphatic heterocycles. The molecule has 0 fully saturated rings. The molecule has 0 saturated heterocycles. The lowest BCUT2D eigenvalue weighted by Gasteiger charge is -2.20. The molecule has 0 N–H and O–H groups in total. The van der Waals surface area contributed by atoms with Gasteiger partial charge in [-0.15, -0.1) is 0 Å². The van der Waals surface area contributed by atoms with Gasteiger partial charge in [-0.05, 0) is 89.5 Å². The predicted molar refractivity (Wildman–Crippen MR) is 166 cm³/mol. The van der Waals surface area contributed by atoms with Gasteiger partial charge in [-0.1, -0.05) is 129 Å². The summed E-state index contributed by atoms with van der Waals surface area (Å²) in [5.74, 6) is -0.104. The molecule has 206 valence electrons. The van der Waals surface area contributed by atoms with Gasteiger partial charge >= 0.3 is 0 Å². The Balaban J connectivity index is 0.000000518. The van der Waals surface area contributed by atoms with Crippen LogP contribution in [0.25, 0.3) is 0 Å². The number of hydrogen-bond acceptors (Lipinski definition) is 0. The third-order valence-corrected chi connectivity index (χ3v) is 6.75. The molecule has 0 saturated carbocycles. The standard InChI is InChI=1S/C12H18.C11H15Cl.C11H15F.CH4/c1-9-6-7-11(8-10(9)2)12(3,4)5;1-8-7-9(11(2,3)4)5-6-10(8)12;1-8-5-6-10(12)9(7-8)11(2,3)4;/h6-8H,1-5H3;2*5-7H,1-4H3;1H4. The number of halogens is 2. The maximum absolute atomic E-state index is 13.3. The average molecular weight is 527 g/mol. The Hall–Kier alpha value is -2.12. The summed E-state index contributed by atoms with van der Waals surface area (Å²) in [6.45, 7) is 27.8. The molecule has 0 heterocycles. The molecule has 3 rings (SSSR count). The predicted octanol–water partition coefficient (Wildman–Crippen LogP) is 11.6. The number of aryl methyl sites for hydroxylation is 4. The fourth-order valence-electron chi connectivity index (χ4n) is 3.53. The molecule has 0 radical (unpaired) electrons. The second kappa shape index (κ2) is 13.6. The maximum atomic E-state index is 13.3. The zero-order valence-corrected chi connectivity index (χ0v) is 25.7. The minimum absolute atomic E-state index is 0. The lowest BCUT2D eigenvalue weighted by Crippen LogP contribution is -2.13. The molecule has 3 aromatic rings. The second-order valence-corrected chi connectivity index (χ2v) is 13.4. The second-order valence-electron chi connectivity index (χ2n) is 13.0. The molecule has 0 aromatic heterocycles. The Labute approximate surface area is 233 Å². The van der Waals surface area contributed by atoms with Crippen molar-refractivity contribution in [2.45, 2.75) is 114 Å². The Morgan fingerprint density at radius 3 is 1.38 bits per heavy atom. The molecular weight excluding hydrogens is 475 g/mol. The molecule has 3 aromatic carbocycles. The molecule has 0 aliphatic rings. The van der Waals surface area contributed by atoms with E-state index in [9.17, 15) is 4.39 Å². The highest BCUT2D eigenvalue weighted by Gasteiger charge is 2.18. The summed E-state index contributed by atoms with van der Waals surface area (Å²) >= 11 is 5.93. The SMILES string of the molecule is C.Cc1cc(C(C)(C)C)ccc1Cl.Cc1ccc(C(C)(C)C)cc1C.Cc1ccc(F)c(C(C)(C)C)c1. The van der Waals surface area contributed by atoms with Crippen LogP contribution in [0.4, 0.5) is 4.39 Å². The molecular formula is C35H52ClF. The fourth-order valence-corrected chi connectivity index (χ4v) is 3.65. The van der Waals surface area contributed by atoms with Gasteiger partial charge in [0.2, 0.25) is 0 Å². The van der Waals surface area contributed by atoms with Crippen LogP contribution in [0.2, 0.25) is 5.02 Å². The van der Waals surface area contributed by atoms with Gasteiger partial charge in [0.25, 0.3) is 0 Å². The van der Waals surface area contributed by atoms with Crippen molar-refractivity contribution >= 4 is 11.6 Å². The minimum Gasteiger partial charge on any atom is -0.207 e. The Kier molecular flexibility index (Phi) is 12.8. The number of rotatable bonds is 0. The van der Waals surface area contributed by atoms with E-state index in [0.29, 0.717) is 0 Å². The minimum atomic E-state index is -0.104. The molecule has 2 heteroatoms. The third kappa shape index (κ3) is 11.4. The van der Waals surface area contributed by atoms with E-state index in [1.54, 1.807) is 6.07 Å². The first kappa shape index (κ1) is 34.9. The zero-order chi connectivity index (χ0) is 28.1. The number of benzene rings is 3. The molecule has 0 unspecified atom stereocenters. The summed E-state index contributed by atoms with van der Waals surface area (Å²) in [6, 6.07) is 18.2. The van der Waals surface area contributed by atoms with Gasteiger partial charge in [0.15, 0.2) is 0 Å². The van der Waals surface area contributed by atoms with E-state index in [4.69, 9.17) is 11.6 Å². The van der Waals surface area contributed by atoms with E-state index in [-0.39, 0.29) is 29.5 Å². The Morgan fingerprint density at radius 2 is 1.00 bits per heavy atom. The summed E-state index contributed by atoms with van der Waals surface area (Å²) in [5, 5.41) is 0.850. The van der Waals surface area contributed by atoms with Crippen LogP contribution in [-0.2, 0) is 16.2 Å². The van der Waals surface area contributed by atoms with Crippen LogP contribution in [0.1, 0.15) is 109 Å². The molecule has 37 heavy (non-hydrogen) atoms. The van der Waals surface area contributed by atoms with Crippen molar-refractivity contribution in [2.75, 3.05) is 0 Å². The summed E-state index contributed by atoms with van der Waals surface area (Å²) in [6.07, 6.45) is 0. The van der Waals surface area contributed by atoms with Gasteiger partial charge in [-0.2, -0.15) is 0 Å². The van der Waals surface area contributed by atoms with Gasteiger partial charge in [-0.3, -0.25) is 0 Å². The summed E-state index contributed by atoms with van der Waals surface area (Å²) < 4.78 is 13.3. The maximum Gasteiger partial charge on any atom is 0.126 e. The van der Waals surface area contributed by atoms with E-state index in [1.807, 2.05) is 46.8 Å². The van der Waals surface area contributed by atoms with Crippen LogP contribution in [0.5, 0.6) is 0 Å². The lowest BCUT2D eigenvalue weighted by atomic mass is 9.85. The van der Waals surface area contributed by atoms with Crippen molar-refractivity contribution < 1.29 is 4.39 Å². The largest absolute Gasteiger partial charge is 0.207 e.